The second-order valence-corrected chi connectivity index (χ2v) is 6.45. The fourth-order valence-electron chi connectivity index (χ4n) is 4.17. The third-order valence-corrected chi connectivity index (χ3v) is 5.28. The first-order chi connectivity index (χ1) is 9.19. The Balaban J connectivity index is 1.90. The molecule has 2 fully saturated rings. The number of benzene rings is 1. The summed E-state index contributed by atoms with van der Waals surface area (Å²) in [5, 5.41) is 4.23. The molecular weight excluding hydrogens is 261 g/mol. The molecule has 0 amide bonds. The molecule has 0 saturated heterocycles. The van der Waals surface area contributed by atoms with E-state index in [-0.39, 0.29) is 11.9 Å². The number of fused-ring (bicyclic) bond motifs is 2. The number of halogens is 2. The summed E-state index contributed by atoms with van der Waals surface area (Å²) in [4.78, 5) is 0. The Morgan fingerprint density at radius 1 is 1.37 bits per heavy atom. The molecule has 19 heavy (non-hydrogen) atoms. The van der Waals surface area contributed by atoms with Gasteiger partial charge >= 0.3 is 0 Å². The summed E-state index contributed by atoms with van der Waals surface area (Å²) in [5.74, 6) is 2.13. The highest BCUT2D eigenvalue weighted by Gasteiger charge is 2.43. The summed E-state index contributed by atoms with van der Waals surface area (Å²) in [5.41, 5.74) is 0.945. The molecule has 3 rings (SSSR count). The highest BCUT2D eigenvalue weighted by molar-refractivity contribution is 6.31. The standard InChI is InChI=1S/C16H21ClFN/c1-2-19-16(13-8-10-3-4-11(13)7-10)14-9-12(18)5-6-15(14)17/h5-6,9-11,13,16,19H,2-4,7-8H2,1H3. The Labute approximate surface area is 119 Å². The minimum Gasteiger partial charge on any atom is -0.310 e. The molecule has 2 saturated carbocycles. The molecule has 0 heterocycles. The highest BCUT2D eigenvalue weighted by atomic mass is 35.5. The van der Waals surface area contributed by atoms with Crippen LogP contribution in [0.25, 0.3) is 0 Å². The third kappa shape index (κ3) is 2.53. The fraction of sp³-hybridized carbons (Fsp3) is 0.625. The molecule has 4 atom stereocenters. The number of hydrogen-bond donors (Lipinski definition) is 1. The van der Waals surface area contributed by atoms with Gasteiger partial charge in [-0.1, -0.05) is 24.9 Å². The van der Waals surface area contributed by atoms with Crippen LogP contribution in [0.2, 0.25) is 5.02 Å². The third-order valence-electron chi connectivity index (χ3n) is 4.94. The van der Waals surface area contributed by atoms with E-state index in [1.54, 1.807) is 12.1 Å². The molecule has 1 aromatic carbocycles. The molecule has 2 aliphatic rings. The van der Waals surface area contributed by atoms with Crippen LogP contribution in [0.4, 0.5) is 4.39 Å². The van der Waals surface area contributed by atoms with E-state index in [9.17, 15) is 4.39 Å². The van der Waals surface area contributed by atoms with Crippen LogP contribution >= 0.6 is 11.6 Å². The zero-order chi connectivity index (χ0) is 13.4. The van der Waals surface area contributed by atoms with Crippen LogP contribution in [-0.2, 0) is 0 Å². The van der Waals surface area contributed by atoms with E-state index in [0.717, 1.165) is 23.9 Å². The van der Waals surface area contributed by atoms with Gasteiger partial charge in [-0.2, -0.15) is 0 Å². The van der Waals surface area contributed by atoms with Gasteiger partial charge in [-0.3, -0.25) is 0 Å². The van der Waals surface area contributed by atoms with Gasteiger partial charge in [0.25, 0.3) is 0 Å². The molecule has 1 N–H and O–H groups in total. The van der Waals surface area contributed by atoms with Gasteiger partial charge in [0, 0.05) is 11.1 Å². The molecule has 0 radical (unpaired) electrons. The van der Waals surface area contributed by atoms with Crippen molar-refractivity contribution in [2.75, 3.05) is 6.54 Å². The van der Waals surface area contributed by atoms with Crippen molar-refractivity contribution >= 4 is 11.6 Å². The molecule has 0 aromatic heterocycles. The van der Waals surface area contributed by atoms with Gasteiger partial charge in [0.05, 0.1) is 0 Å². The van der Waals surface area contributed by atoms with Crippen LogP contribution in [0.5, 0.6) is 0 Å². The van der Waals surface area contributed by atoms with E-state index in [2.05, 4.69) is 12.2 Å². The molecule has 104 valence electrons. The average Bonchev–Trinajstić information content (AvgIpc) is 3.01. The summed E-state index contributed by atoms with van der Waals surface area (Å²) in [7, 11) is 0. The molecule has 2 bridgehead atoms. The van der Waals surface area contributed by atoms with Crippen molar-refractivity contribution in [1.82, 2.24) is 5.32 Å². The van der Waals surface area contributed by atoms with Crippen molar-refractivity contribution in [2.24, 2.45) is 17.8 Å². The predicted octanol–water partition coefficient (Wildman–Crippen LogP) is 4.57. The van der Waals surface area contributed by atoms with Crippen molar-refractivity contribution in [2.45, 2.75) is 38.6 Å². The maximum absolute atomic E-state index is 13.5. The lowest BCUT2D eigenvalue weighted by Gasteiger charge is -2.32. The summed E-state index contributed by atoms with van der Waals surface area (Å²) in [6, 6.07) is 4.95. The van der Waals surface area contributed by atoms with Crippen LogP contribution in [0, 0.1) is 23.6 Å². The lowest BCUT2D eigenvalue weighted by atomic mass is 9.80. The van der Waals surface area contributed by atoms with Gasteiger partial charge in [-0.05, 0) is 67.3 Å². The van der Waals surface area contributed by atoms with E-state index < -0.39 is 0 Å². The first-order valence-electron chi connectivity index (χ1n) is 7.37. The Morgan fingerprint density at radius 3 is 2.84 bits per heavy atom. The maximum atomic E-state index is 13.5. The normalized spacial score (nSPS) is 30.8. The molecular formula is C16H21ClFN. The first kappa shape index (κ1) is 13.4. The van der Waals surface area contributed by atoms with Crippen molar-refractivity contribution < 1.29 is 4.39 Å². The van der Waals surface area contributed by atoms with Gasteiger partial charge in [0.2, 0.25) is 0 Å². The summed E-state index contributed by atoms with van der Waals surface area (Å²) in [6.45, 7) is 3.00. The minimum absolute atomic E-state index is 0.189. The van der Waals surface area contributed by atoms with Crippen LogP contribution in [0.3, 0.4) is 0 Å². The van der Waals surface area contributed by atoms with Gasteiger partial charge < -0.3 is 5.32 Å². The Hall–Kier alpha value is -0.600. The van der Waals surface area contributed by atoms with Crippen molar-refractivity contribution in [3.63, 3.8) is 0 Å². The van der Waals surface area contributed by atoms with Crippen molar-refractivity contribution in [1.29, 1.82) is 0 Å². The second-order valence-electron chi connectivity index (χ2n) is 6.04. The van der Waals surface area contributed by atoms with Crippen LogP contribution in [0.15, 0.2) is 18.2 Å². The monoisotopic (exact) mass is 281 g/mol. The first-order valence-corrected chi connectivity index (χ1v) is 7.75. The van der Waals surface area contributed by atoms with Gasteiger partial charge in [0.15, 0.2) is 0 Å². The van der Waals surface area contributed by atoms with Crippen molar-refractivity contribution in [3.8, 4) is 0 Å². The second kappa shape index (κ2) is 5.41. The summed E-state index contributed by atoms with van der Waals surface area (Å²) >= 11 is 6.30. The maximum Gasteiger partial charge on any atom is 0.123 e. The zero-order valence-electron chi connectivity index (χ0n) is 11.3. The van der Waals surface area contributed by atoms with E-state index in [0.29, 0.717) is 10.9 Å². The van der Waals surface area contributed by atoms with Gasteiger partial charge in [0.1, 0.15) is 5.82 Å². The Kier molecular flexibility index (Phi) is 3.81. The van der Waals surface area contributed by atoms with Gasteiger partial charge in [-0.25, -0.2) is 4.39 Å². The minimum atomic E-state index is -0.189. The average molecular weight is 282 g/mol. The molecule has 0 aliphatic heterocycles. The molecule has 2 aliphatic carbocycles. The van der Waals surface area contributed by atoms with E-state index in [4.69, 9.17) is 11.6 Å². The van der Waals surface area contributed by atoms with Crippen molar-refractivity contribution in [3.05, 3.63) is 34.6 Å². The molecule has 1 nitrogen and oxygen atoms in total. The summed E-state index contributed by atoms with van der Waals surface area (Å²) < 4.78 is 13.5. The molecule has 4 unspecified atom stereocenters. The molecule has 1 aromatic rings. The smallest absolute Gasteiger partial charge is 0.123 e. The predicted molar refractivity (Wildman–Crippen MR) is 76.8 cm³/mol. The lowest BCUT2D eigenvalue weighted by Crippen LogP contribution is -2.31. The number of hydrogen-bond acceptors (Lipinski definition) is 1. The SMILES string of the molecule is CCNC(c1cc(F)ccc1Cl)C1CC2CCC1C2. The largest absolute Gasteiger partial charge is 0.310 e. The molecule has 0 spiro atoms. The quantitative estimate of drug-likeness (QED) is 0.853. The lowest BCUT2D eigenvalue weighted by molar-refractivity contribution is 0.253. The van der Waals surface area contributed by atoms with Crippen LogP contribution in [-0.4, -0.2) is 6.54 Å². The van der Waals surface area contributed by atoms with E-state index in [1.807, 2.05) is 0 Å². The highest BCUT2D eigenvalue weighted by Crippen LogP contribution is 2.53. The Morgan fingerprint density at radius 2 is 2.21 bits per heavy atom. The number of nitrogens with one attached hydrogen (secondary N) is 1. The van der Waals surface area contributed by atoms with Crippen LogP contribution < -0.4 is 5.32 Å². The summed E-state index contributed by atoms with van der Waals surface area (Å²) in [6.07, 6.45) is 5.36. The Bertz CT molecular complexity index is 462. The van der Waals surface area contributed by atoms with E-state index in [1.165, 1.54) is 31.7 Å². The molecule has 3 heteroatoms. The fourth-order valence-corrected chi connectivity index (χ4v) is 4.40. The topological polar surface area (TPSA) is 12.0 Å². The number of rotatable bonds is 4. The van der Waals surface area contributed by atoms with Crippen LogP contribution in [0.1, 0.15) is 44.2 Å². The van der Waals surface area contributed by atoms with Gasteiger partial charge in [-0.15, -0.1) is 0 Å². The van der Waals surface area contributed by atoms with E-state index >= 15 is 0 Å². The zero-order valence-corrected chi connectivity index (χ0v) is 12.1.